The van der Waals surface area contributed by atoms with E-state index in [0.717, 1.165) is 4.90 Å². The molecule has 0 spiro atoms. The fourth-order valence-corrected chi connectivity index (χ4v) is 0.930. The summed E-state index contributed by atoms with van der Waals surface area (Å²) in [5.41, 5.74) is -0.133. The van der Waals surface area contributed by atoms with E-state index in [0.29, 0.717) is 0 Å². The molecule has 0 N–H and O–H groups in total. The lowest BCUT2D eigenvalue weighted by atomic mass is 10.1. The monoisotopic (exact) mass is 197 g/mol. The molecule has 0 aliphatic rings. The van der Waals surface area contributed by atoms with Crippen molar-refractivity contribution < 1.29 is 13.7 Å². The lowest BCUT2D eigenvalue weighted by Crippen LogP contribution is -2.31. The van der Waals surface area contributed by atoms with Gasteiger partial charge in [-0.3, -0.25) is 4.90 Å². The smallest absolute Gasteiger partial charge is 0.124 e. The van der Waals surface area contributed by atoms with Crippen LogP contribution >= 0.6 is 0 Å². The maximum Gasteiger partial charge on any atom is 0.124 e. The number of likely N-dealkylation sites (N-methyl/N-ethyl adjacent to an activating group) is 1. The van der Waals surface area contributed by atoms with Crippen LogP contribution in [0.1, 0.15) is 26.2 Å². The molecule has 0 heterocycles. The summed E-state index contributed by atoms with van der Waals surface area (Å²) in [5, 5.41) is 0. The Labute approximate surface area is 101 Å². The molecule has 0 fully saturated rings. The van der Waals surface area contributed by atoms with Gasteiger partial charge in [0, 0.05) is 11.5 Å². The Balaban J connectivity index is 3.38. The van der Waals surface area contributed by atoms with Crippen molar-refractivity contribution in [3.8, 4) is 12.3 Å². The molecule has 74 valence electrons. The maximum absolute atomic E-state index is 8.34. The second-order valence-electron chi connectivity index (χ2n) is 2.78. The average Bonchev–Trinajstić information content (AvgIpc) is 2.46. The lowest BCUT2D eigenvalue weighted by molar-refractivity contribution is 0.287. The first kappa shape index (κ1) is 3.40. The predicted molar refractivity (Wildman–Crippen MR) is 61.1 cm³/mol. The van der Waals surface area contributed by atoms with Gasteiger partial charge in [0.1, 0.15) is 1.37 Å². The van der Waals surface area contributed by atoms with Crippen LogP contribution in [-0.2, 0) is 6.42 Å². The minimum Gasteiger partial charge on any atom is -0.292 e. The molecule has 0 aromatic heterocycles. The van der Waals surface area contributed by atoms with Crippen molar-refractivity contribution in [2.24, 2.45) is 0 Å². The van der Waals surface area contributed by atoms with Crippen molar-refractivity contribution in [3.05, 3.63) is 35.8 Å². The third kappa shape index (κ3) is 3.24. The van der Waals surface area contributed by atoms with Crippen LogP contribution < -0.4 is 0 Å². The first-order chi connectivity index (χ1) is 10.8. The molecular weight excluding hydrogens is 170 g/mol. The summed E-state index contributed by atoms with van der Waals surface area (Å²) < 4.78 is 76.3. The number of terminal acetylenes is 1. The SMILES string of the molecule is [2H]C#CCN(C([2H])([2H])[2H])[C@@]([2H])(C)Cc1c([2H])c([2H])c([2H])c([2H])c1[2H]. The topological polar surface area (TPSA) is 3.24 Å². The number of nitrogens with zero attached hydrogens (tertiary/aromatic N) is 1. The first-order valence-electron chi connectivity index (χ1n) is 9.07. The Morgan fingerprint density at radius 1 is 1.71 bits per heavy atom. The molecule has 1 nitrogen and oxygen atoms in total. The van der Waals surface area contributed by atoms with Crippen LogP contribution in [-0.4, -0.2) is 24.4 Å². The molecule has 1 rings (SSSR count). The molecule has 0 saturated heterocycles. The molecule has 0 aliphatic heterocycles. The van der Waals surface area contributed by atoms with Gasteiger partial charge in [0.15, 0.2) is 0 Å². The van der Waals surface area contributed by atoms with Crippen LogP contribution in [0, 0.1) is 12.3 Å². The number of hydrogen-bond acceptors (Lipinski definition) is 1. The van der Waals surface area contributed by atoms with Crippen molar-refractivity contribution in [1.82, 2.24) is 4.90 Å². The van der Waals surface area contributed by atoms with Gasteiger partial charge in [-0.15, -0.1) is 6.40 Å². The van der Waals surface area contributed by atoms with Crippen LogP contribution in [0.15, 0.2) is 30.2 Å². The fraction of sp³-hybridized carbons (Fsp3) is 0.385. The van der Waals surface area contributed by atoms with Crippen LogP contribution in [0.4, 0.5) is 0 Å². The fourth-order valence-electron chi connectivity index (χ4n) is 0.930. The van der Waals surface area contributed by atoms with E-state index in [4.69, 9.17) is 13.7 Å². The Morgan fingerprint density at radius 2 is 2.50 bits per heavy atom. The minimum absolute atomic E-state index is 0.133. The van der Waals surface area contributed by atoms with Gasteiger partial charge in [-0.25, -0.2) is 0 Å². The van der Waals surface area contributed by atoms with Crippen molar-refractivity contribution in [2.45, 2.75) is 19.4 Å². The van der Waals surface area contributed by atoms with Gasteiger partial charge in [-0.1, -0.05) is 36.1 Å². The van der Waals surface area contributed by atoms with Gasteiger partial charge < -0.3 is 0 Å². The minimum atomic E-state index is -2.69. The average molecular weight is 197 g/mol. The molecule has 1 aromatic carbocycles. The van der Waals surface area contributed by atoms with Gasteiger partial charge in [0.25, 0.3) is 0 Å². The summed E-state index contributed by atoms with van der Waals surface area (Å²) >= 11 is 0. The van der Waals surface area contributed by atoms with E-state index in [1.807, 2.05) is 6.40 Å². The maximum atomic E-state index is 8.34. The zero-order valence-electron chi connectivity index (χ0n) is 17.9. The number of hydrogen-bond donors (Lipinski definition) is 0. The molecule has 1 aromatic rings. The van der Waals surface area contributed by atoms with E-state index >= 15 is 0 Å². The quantitative estimate of drug-likeness (QED) is 0.669. The second-order valence-corrected chi connectivity index (χ2v) is 2.78. The molecule has 0 amide bonds. The summed E-state index contributed by atoms with van der Waals surface area (Å²) in [6.45, 7) is -1.79. The Bertz CT molecular complexity index is 654. The van der Waals surface area contributed by atoms with Crippen LogP contribution in [0.5, 0.6) is 0 Å². The Kier molecular flexibility index (Phi) is 1.33. The molecule has 1 heteroatoms. The zero-order valence-corrected chi connectivity index (χ0v) is 7.86. The van der Waals surface area contributed by atoms with E-state index < -0.39 is 49.6 Å². The predicted octanol–water partition coefficient (Wildman–Crippen LogP) is 2.18. The van der Waals surface area contributed by atoms with Crippen molar-refractivity contribution in [3.63, 3.8) is 0 Å². The summed E-state index contributed by atoms with van der Waals surface area (Å²) in [5.74, 6) is 2.27. The van der Waals surface area contributed by atoms with Crippen LogP contribution in [0.3, 0.4) is 0 Å². The first-order valence-corrected chi connectivity index (χ1v) is 4.07. The highest BCUT2D eigenvalue weighted by Crippen LogP contribution is 2.06. The normalized spacial score (nSPS) is 25.3. The molecular formula is C13H17N. The molecule has 0 bridgehead atoms. The molecule has 1 atom stereocenters. The van der Waals surface area contributed by atoms with Gasteiger partial charge in [0.05, 0.1) is 13.4 Å². The van der Waals surface area contributed by atoms with Crippen molar-refractivity contribution >= 4 is 0 Å². The third-order valence-corrected chi connectivity index (χ3v) is 1.68. The number of benzene rings is 1. The third-order valence-electron chi connectivity index (χ3n) is 1.68. The van der Waals surface area contributed by atoms with E-state index in [1.54, 1.807) is 0 Å². The van der Waals surface area contributed by atoms with Crippen molar-refractivity contribution in [2.75, 3.05) is 13.5 Å². The Morgan fingerprint density at radius 3 is 3.14 bits per heavy atom. The van der Waals surface area contributed by atoms with Gasteiger partial charge in [-0.2, -0.15) is 0 Å². The highest BCUT2D eigenvalue weighted by Gasteiger charge is 2.07. The van der Waals surface area contributed by atoms with Crippen LogP contribution in [0.25, 0.3) is 0 Å². The molecule has 0 radical (unpaired) electrons. The summed E-state index contributed by atoms with van der Waals surface area (Å²) in [7, 11) is 0. The van der Waals surface area contributed by atoms with E-state index in [2.05, 4.69) is 5.92 Å². The molecule has 0 unspecified atom stereocenters. The summed E-state index contributed by atoms with van der Waals surface area (Å²) in [4.78, 5) is 0.752. The standard InChI is InChI=1S/C13H17N/c1-4-10-14(3)12(2)11-13-8-6-5-7-9-13/h1,5-9,12H,10-11H2,2-3H3/t12-/m0/s1/i1D,3D3,5D,6D,7D,8D,9D,12D. The zero-order chi connectivity index (χ0) is 18.9. The van der Waals surface area contributed by atoms with E-state index in [1.165, 1.54) is 6.92 Å². The largest absolute Gasteiger partial charge is 0.292 e. The molecule has 0 saturated carbocycles. The lowest BCUT2D eigenvalue weighted by Gasteiger charge is -2.22. The molecule has 14 heavy (non-hydrogen) atoms. The van der Waals surface area contributed by atoms with E-state index in [-0.39, 0.29) is 12.1 Å². The van der Waals surface area contributed by atoms with Gasteiger partial charge in [0.2, 0.25) is 0 Å². The number of rotatable bonds is 4. The van der Waals surface area contributed by atoms with Crippen molar-refractivity contribution in [1.29, 1.82) is 0 Å². The highest BCUT2D eigenvalue weighted by molar-refractivity contribution is 5.15. The van der Waals surface area contributed by atoms with Gasteiger partial charge >= 0.3 is 0 Å². The summed E-state index contributed by atoms with van der Waals surface area (Å²) in [6, 6.07) is -4.36. The van der Waals surface area contributed by atoms with Gasteiger partial charge in [-0.05, 0) is 25.9 Å². The van der Waals surface area contributed by atoms with E-state index in [9.17, 15) is 0 Å². The Hall–Kier alpha value is -1.26. The highest BCUT2D eigenvalue weighted by atomic mass is 15.1. The molecule has 0 aliphatic carbocycles. The summed E-state index contributed by atoms with van der Waals surface area (Å²) in [6.07, 6.45) is 1.42. The van der Waals surface area contributed by atoms with Crippen LogP contribution in [0.2, 0.25) is 0 Å². The second kappa shape index (κ2) is 5.47.